The highest BCUT2D eigenvalue weighted by molar-refractivity contribution is 9.10. The molecule has 0 aliphatic rings. The van der Waals surface area contributed by atoms with Crippen molar-refractivity contribution in [2.75, 3.05) is 7.11 Å². The molecule has 0 atom stereocenters. The van der Waals surface area contributed by atoms with Crippen molar-refractivity contribution in [2.45, 2.75) is 6.43 Å². The summed E-state index contributed by atoms with van der Waals surface area (Å²) in [6.45, 7) is 0. The van der Waals surface area contributed by atoms with E-state index in [1.54, 1.807) is 0 Å². The van der Waals surface area contributed by atoms with Crippen LogP contribution in [0.3, 0.4) is 0 Å². The first-order valence-electron chi connectivity index (χ1n) is 4.09. The van der Waals surface area contributed by atoms with E-state index in [1.165, 1.54) is 0 Å². The fourth-order valence-electron chi connectivity index (χ4n) is 1.03. The summed E-state index contributed by atoms with van der Waals surface area (Å²) in [5.74, 6) is -1.81. The van der Waals surface area contributed by atoms with E-state index in [2.05, 4.69) is 25.7 Å². The minimum atomic E-state index is -3.05. The predicted molar refractivity (Wildman–Crippen MR) is 54.9 cm³/mol. The number of ether oxygens (including phenoxy) is 1. The molecule has 1 rings (SSSR count). The summed E-state index contributed by atoms with van der Waals surface area (Å²) in [4.78, 5) is 23.9. The number of halogens is 3. The van der Waals surface area contributed by atoms with Gasteiger partial charge in [0.25, 0.3) is 0 Å². The number of esters is 1. The zero-order valence-electron chi connectivity index (χ0n) is 8.32. The van der Waals surface area contributed by atoms with Gasteiger partial charge in [-0.05, 0) is 25.8 Å². The van der Waals surface area contributed by atoms with Crippen LogP contribution in [-0.4, -0.2) is 23.0 Å². The Labute approximate surface area is 102 Å². The predicted octanol–water partition coefficient (Wildman–Crippen LogP) is 2.48. The van der Waals surface area contributed by atoms with Crippen LogP contribution in [0.1, 0.15) is 22.5 Å². The Kier molecular flexibility index (Phi) is 4.05. The van der Waals surface area contributed by atoms with Gasteiger partial charge in [-0.25, -0.2) is 13.6 Å². The van der Waals surface area contributed by atoms with Gasteiger partial charge < -0.3 is 14.9 Å². The number of nitro groups is 1. The molecule has 1 heterocycles. The van der Waals surface area contributed by atoms with Crippen molar-refractivity contribution in [1.29, 1.82) is 0 Å². The second-order valence-electron chi connectivity index (χ2n) is 2.78. The molecule has 0 fully saturated rings. The summed E-state index contributed by atoms with van der Waals surface area (Å²) in [6, 6.07) is 0.766. The molecule has 0 saturated carbocycles. The lowest BCUT2D eigenvalue weighted by Gasteiger charge is -2.04. The van der Waals surface area contributed by atoms with Gasteiger partial charge in [-0.15, -0.1) is 0 Å². The van der Waals surface area contributed by atoms with Crippen molar-refractivity contribution in [3.8, 4) is 0 Å². The molecule has 92 valence electrons. The maximum atomic E-state index is 12.6. The quantitative estimate of drug-likeness (QED) is 0.486. The monoisotopic (exact) mass is 310 g/mol. The topological polar surface area (TPSA) is 82.3 Å². The van der Waals surface area contributed by atoms with Gasteiger partial charge in [0.15, 0.2) is 0 Å². The number of nitrogens with zero attached hydrogens (tertiary/aromatic N) is 2. The van der Waals surface area contributed by atoms with E-state index in [0.29, 0.717) is 0 Å². The molecular weight excluding hydrogens is 306 g/mol. The van der Waals surface area contributed by atoms with E-state index < -0.39 is 28.8 Å². The highest BCUT2D eigenvalue weighted by atomic mass is 79.9. The minimum Gasteiger partial charge on any atom is -0.465 e. The fourth-order valence-corrected chi connectivity index (χ4v) is 1.57. The van der Waals surface area contributed by atoms with E-state index in [1.807, 2.05) is 0 Å². The van der Waals surface area contributed by atoms with Gasteiger partial charge in [0.1, 0.15) is 0 Å². The van der Waals surface area contributed by atoms with Crippen molar-refractivity contribution < 1.29 is 23.2 Å². The first kappa shape index (κ1) is 13.4. The average Bonchev–Trinajstić information content (AvgIpc) is 2.27. The molecule has 0 radical (unpaired) electrons. The Hall–Kier alpha value is -1.64. The summed E-state index contributed by atoms with van der Waals surface area (Å²) < 4.78 is 29.1. The standard InChI is InChI=1S/C8H5BrF2N2O4/c1-17-8(14)3-2-4(13(15)16)12-6(5(3)9)7(10)11/h2,7H,1H3. The Morgan fingerprint density at radius 1 is 1.65 bits per heavy atom. The molecule has 0 amide bonds. The van der Waals surface area contributed by atoms with E-state index in [9.17, 15) is 23.7 Å². The number of hydrogen-bond acceptors (Lipinski definition) is 5. The number of pyridine rings is 1. The largest absolute Gasteiger partial charge is 0.465 e. The van der Waals surface area contributed by atoms with Gasteiger partial charge >= 0.3 is 18.2 Å². The number of rotatable bonds is 3. The third-order valence-corrected chi connectivity index (χ3v) is 2.60. The van der Waals surface area contributed by atoms with E-state index >= 15 is 0 Å². The Morgan fingerprint density at radius 3 is 2.65 bits per heavy atom. The van der Waals surface area contributed by atoms with Crippen LogP contribution in [-0.2, 0) is 4.74 Å². The number of carbonyl (C=O) groups excluding carboxylic acids is 1. The fraction of sp³-hybridized carbons (Fsp3) is 0.250. The molecule has 0 spiro atoms. The van der Waals surface area contributed by atoms with Crippen LogP contribution in [0.2, 0.25) is 0 Å². The SMILES string of the molecule is COC(=O)c1cc([N+](=O)[O-])nc(C(F)F)c1Br. The molecule has 1 aromatic rings. The van der Waals surface area contributed by atoms with Crippen LogP contribution in [0.5, 0.6) is 0 Å². The molecule has 6 nitrogen and oxygen atoms in total. The summed E-state index contributed by atoms with van der Waals surface area (Å²) in [5, 5.41) is 10.5. The van der Waals surface area contributed by atoms with Gasteiger partial charge in [0, 0.05) is 0 Å². The van der Waals surface area contributed by atoms with Crippen molar-refractivity contribution in [3.05, 3.63) is 31.9 Å². The van der Waals surface area contributed by atoms with Crippen LogP contribution in [0.25, 0.3) is 0 Å². The molecule has 0 aliphatic heterocycles. The molecule has 17 heavy (non-hydrogen) atoms. The molecule has 0 aromatic carbocycles. The second kappa shape index (κ2) is 5.13. The molecule has 0 aliphatic carbocycles. The van der Waals surface area contributed by atoms with Crippen molar-refractivity contribution in [3.63, 3.8) is 0 Å². The number of aromatic nitrogens is 1. The third-order valence-electron chi connectivity index (χ3n) is 1.77. The Morgan fingerprint density at radius 2 is 2.24 bits per heavy atom. The first-order valence-corrected chi connectivity index (χ1v) is 4.89. The van der Waals surface area contributed by atoms with Gasteiger partial charge in [-0.3, -0.25) is 0 Å². The zero-order chi connectivity index (χ0) is 13.2. The van der Waals surface area contributed by atoms with Crippen LogP contribution in [0, 0.1) is 10.1 Å². The number of hydrogen-bond donors (Lipinski definition) is 0. The third kappa shape index (κ3) is 2.73. The minimum absolute atomic E-state index is 0.315. The lowest BCUT2D eigenvalue weighted by molar-refractivity contribution is -0.389. The van der Waals surface area contributed by atoms with Gasteiger partial charge in [0.2, 0.25) is 5.69 Å². The van der Waals surface area contributed by atoms with E-state index in [-0.39, 0.29) is 10.0 Å². The summed E-state index contributed by atoms with van der Waals surface area (Å²) >= 11 is 2.74. The first-order chi connectivity index (χ1) is 7.88. The number of methoxy groups -OCH3 is 1. The number of carbonyl (C=O) groups is 1. The smallest absolute Gasteiger partial charge is 0.364 e. The molecule has 0 saturated heterocycles. The van der Waals surface area contributed by atoms with Crippen LogP contribution < -0.4 is 0 Å². The van der Waals surface area contributed by atoms with Crippen LogP contribution >= 0.6 is 15.9 Å². The molecule has 1 aromatic heterocycles. The molecule has 0 unspecified atom stereocenters. The van der Waals surface area contributed by atoms with Crippen molar-refractivity contribution >= 4 is 27.7 Å². The lowest BCUT2D eigenvalue weighted by atomic mass is 10.2. The second-order valence-corrected chi connectivity index (χ2v) is 3.57. The average molecular weight is 311 g/mol. The van der Waals surface area contributed by atoms with E-state index in [4.69, 9.17) is 0 Å². The summed E-state index contributed by atoms with van der Waals surface area (Å²) in [6.07, 6.45) is -3.05. The lowest BCUT2D eigenvalue weighted by Crippen LogP contribution is -2.08. The van der Waals surface area contributed by atoms with Crippen molar-refractivity contribution in [1.82, 2.24) is 4.98 Å². The van der Waals surface area contributed by atoms with Gasteiger partial charge in [0.05, 0.1) is 23.2 Å². The maximum absolute atomic E-state index is 12.6. The van der Waals surface area contributed by atoms with Crippen LogP contribution in [0.15, 0.2) is 10.5 Å². The molecule has 9 heteroatoms. The molecule has 0 N–H and O–H groups in total. The van der Waals surface area contributed by atoms with Crippen LogP contribution in [0.4, 0.5) is 14.6 Å². The maximum Gasteiger partial charge on any atom is 0.364 e. The highest BCUT2D eigenvalue weighted by Crippen LogP contribution is 2.31. The summed E-state index contributed by atoms with van der Waals surface area (Å²) in [7, 11) is 1.03. The van der Waals surface area contributed by atoms with Gasteiger partial charge in [-0.1, -0.05) is 0 Å². The summed E-state index contributed by atoms with van der Waals surface area (Å²) in [5.41, 5.74) is -1.25. The zero-order valence-corrected chi connectivity index (χ0v) is 9.90. The molecule has 0 bridgehead atoms. The Balaban J connectivity index is 3.48. The Bertz CT molecular complexity index is 481. The van der Waals surface area contributed by atoms with Crippen molar-refractivity contribution in [2.24, 2.45) is 0 Å². The van der Waals surface area contributed by atoms with E-state index in [0.717, 1.165) is 13.2 Å². The molecular formula is C8H5BrF2N2O4. The normalized spacial score (nSPS) is 10.4. The number of alkyl halides is 2. The van der Waals surface area contributed by atoms with Gasteiger partial charge in [-0.2, -0.15) is 0 Å². The highest BCUT2D eigenvalue weighted by Gasteiger charge is 2.28.